The van der Waals surface area contributed by atoms with E-state index in [0.717, 1.165) is 18.4 Å². The lowest BCUT2D eigenvalue weighted by atomic mass is 10.0. The van der Waals surface area contributed by atoms with E-state index in [1.807, 2.05) is 23.1 Å². The maximum Gasteiger partial charge on any atom is 0.251 e. The molecule has 2 aromatic carbocycles. The van der Waals surface area contributed by atoms with Crippen molar-refractivity contribution in [3.05, 3.63) is 71.3 Å². The summed E-state index contributed by atoms with van der Waals surface area (Å²) < 4.78 is 0. The SMILES string of the molecule is CC(C)c1ccc(CN(C(=O)CCNC(=O)c2ccccc2)C2CC2)cc1. The van der Waals surface area contributed by atoms with Crippen LogP contribution in [0.5, 0.6) is 0 Å². The summed E-state index contributed by atoms with van der Waals surface area (Å²) in [6, 6.07) is 18.0. The predicted molar refractivity (Wildman–Crippen MR) is 107 cm³/mol. The van der Waals surface area contributed by atoms with Crippen LogP contribution in [0.2, 0.25) is 0 Å². The summed E-state index contributed by atoms with van der Waals surface area (Å²) >= 11 is 0. The molecule has 27 heavy (non-hydrogen) atoms. The summed E-state index contributed by atoms with van der Waals surface area (Å²) in [5.41, 5.74) is 3.09. The van der Waals surface area contributed by atoms with Crippen molar-refractivity contribution in [3.63, 3.8) is 0 Å². The first-order chi connectivity index (χ1) is 13.0. The molecule has 0 aromatic heterocycles. The molecule has 0 saturated heterocycles. The summed E-state index contributed by atoms with van der Waals surface area (Å²) in [6.07, 6.45) is 2.48. The highest BCUT2D eigenvalue weighted by molar-refractivity contribution is 5.94. The van der Waals surface area contributed by atoms with Crippen LogP contribution in [0.15, 0.2) is 54.6 Å². The number of nitrogens with one attached hydrogen (secondary N) is 1. The lowest BCUT2D eigenvalue weighted by Gasteiger charge is -2.23. The van der Waals surface area contributed by atoms with E-state index in [-0.39, 0.29) is 11.8 Å². The van der Waals surface area contributed by atoms with Gasteiger partial charge in [-0.05, 0) is 42.0 Å². The second-order valence-corrected chi connectivity index (χ2v) is 7.52. The Balaban J connectivity index is 1.52. The smallest absolute Gasteiger partial charge is 0.251 e. The minimum absolute atomic E-state index is 0.110. The van der Waals surface area contributed by atoms with Gasteiger partial charge in [0.25, 0.3) is 5.91 Å². The third-order valence-corrected chi connectivity index (χ3v) is 4.97. The Kier molecular flexibility index (Phi) is 6.28. The van der Waals surface area contributed by atoms with Gasteiger partial charge in [0, 0.05) is 31.1 Å². The van der Waals surface area contributed by atoms with E-state index < -0.39 is 0 Å². The van der Waals surface area contributed by atoms with Crippen molar-refractivity contribution >= 4 is 11.8 Å². The number of amides is 2. The standard InChI is InChI=1S/C23H28N2O2/c1-17(2)19-10-8-18(9-11-19)16-25(21-12-13-21)22(26)14-15-24-23(27)20-6-4-3-5-7-20/h3-11,17,21H,12-16H2,1-2H3,(H,24,27). The van der Waals surface area contributed by atoms with Gasteiger partial charge >= 0.3 is 0 Å². The molecule has 0 radical (unpaired) electrons. The molecule has 142 valence electrons. The number of rotatable bonds is 8. The van der Waals surface area contributed by atoms with Crippen molar-refractivity contribution in [1.82, 2.24) is 10.2 Å². The first-order valence-electron chi connectivity index (χ1n) is 9.76. The number of carbonyl (C=O) groups excluding carboxylic acids is 2. The fraction of sp³-hybridized carbons (Fsp3) is 0.391. The molecule has 3 rings (SSSR count). The number of nitrogens with zero attached hydrogens (tertiary/aromatic N) is 1. The van der Waals surface area contributed by atoms with Crippen molar-refractivity contribution < 1.29 is 9.59 Å². The topological polar surface area (TPSA) is 49.4 Å². The van der Waals surface area contributed by atoms with Crippen LogP contribution in [-0.2, 0) is 11.3 Å². The van der Waals surface area contributed by atoms with Gasteiger partial charge in [0.2, 0.25) is 5.91 Å². The number of carbonyl (C=O) groups is 2. The fourth-order valence-corrected chi connectivity index (χ4v) is 3.13. The summed E-state index contributed by atoms with van der Waals surface area (Å²) in [4.78, 5) is 26.8. The average molecular weight is 364 g/mol. The number of hydrogen-bond donors (Lipinski definition) is 1. The summed E-state index contributed by atoms with van der Waals surface area (Å²) in [6.45, 7) is 5.37. The van der Waals surface area contributed by atoms with Crippen molar-refractivity contribution in [3.8, 4) is 0 Å². The molecule has 0 atom stereocenters. The molecular weight excluding hydrogens is 336 g/mol. The summed E-state index contributed by atoms with van der Waals surface area (Å²) in [5.74, 6) is 0.484. The summed E-state index contributed by atoms with van der Waals surface area (Å²) in [7, 11) is 0. The van der Waals surface area contributed by atoms with Crippen LogP contribution >= 0.6 is 0 Å². The van der Waals surface area contributed by atoms with Crippen molar-refractivity contribution in [2.75, 3.05) is 6.54 Å². The minimum atomic E-state index is -0.134. The van der Waals surface area contributed by atoms with Gasteiger partial charge in [-0.15, -0.1) is 0 Å². The maximum absolute atomic E-state index is 12.7. The van der Waals surface area contributed by atoms with Crippen LogP contribution < -0.4 is 5.32 Å². The Bertz CT molecular complexity index is 765. The van der Waals surface area contributed by atoms with Crippen LogP contribution in [0.1, 0.15) is 60.5 Å². The van der Waals surface area contributed by atoms with Gasteiger partial charge in [-0.3, -0.25) is 9.59 Å². The third-order valence-electron chi connectivity index (χ3n) is 4.97. The number of hydrogen-bond acceptors (Lipinski definition) is 2. The molecule has 2 aromatic rings. The van der Waals surface area contributed by atoms with Crippen LogP contribution in [0.3, 0.4) is 0 Å². The van der Waals surface area contributed by atoms with Gasteiger partial charge in [0.05, 0.1) is 0 Å². The Labute approximate surface area is 161 Å². The molecule has 1 aliphatic rings. The summed E-state index contributed by atoms with van der Waals surface area (Å²) in [5, 5.41) is 2.84. The van der Waals surface area contributed by atoms with Crippen LogP contribution in [0.25, 0.3) is 0 Å². The van der Waals surface area contributed by atoms with E-state index in [4.69, 9.17) is 0 Å². The normalized spacial score (nSPS) is 13.4. The van der Waals surface area contributed by atoms with E-state index >= 15 is 0 Å². The van der Waals surface area contributed by atoms with Crippen LogP contribution in [0.4, 0.5) is 0 Å². The Morgan fingerprint density at radius 3 is 2.30 bits per heavy atom. The molecule has 1 saturated carbocycles. The van der Waals surface area contributed by atoms with Gasteiger partial charge in [0.1, 0.15) is 0 Å². The van der Waals surface area contributed by atoms with Gasteiger partial charge < -0.3 is 10.2 Å². The van der Waals surface area contributed by atoms with E-state index in [0.29, 0.717) is 37.0 Å². The van der Waals surface area contributed by atoms with E-state index in [1.165, 1.54) is 5.56 Å². The Morgan fingerprint density at radius 2 is 1.70 bits per heavy atom. The molecule has 4 nitrogen and oxygen atoms in total. The molecular formula is C23H28N2O2. The van der Waals surface area contributed by atoms with Crippen molar-refractivity contribution in [2.45, 2.75) is 51.6 Å². The Morgan fingerprint density at radius 1 is 1.04 bits per heavy atom. The van der Waals surface area contributed by atoms with Gasteiger partial charge in [-0.1, -0.05) is 56.3 Å². The maximum atomic E-state index is 12.7. The second-order valence-electron chi connectivity index (χ2n) is 7.52. The third kappa shape index (κ3) is 5.43. The quantitative estimate of drug-likeness (QED) is 0.766. The lowest BCUT2D eigenvalue weighted by Crippen LogP contribution is -2.35. The highest BCUT2D eigenvalue weighted by atomic mass is 16.2. The molecule has 0 aliphatic heterocycles. The van der Waals surface area contributed by atoms with E-state index in [2.05, 4.69) is 43.4 Å². The second kappa shape index (κ2) is 8.85. The monoisotopic (exact) mass is 364 g/mol. The zero-order valence-electron chi connectivity index (χ0n) is 16.2. The van der Waals surface area contributed by atoms with Crippen LogP contribution in [-0.4, -0.2) is 29.3 Å². The van der Waals surface area contributed by atoms with Crippen LogP contribution in [0, 0.1) is 0 Å². The molecule has 0 bridgehead atoms. The molecule has 0 unspecified atom stereocenters. The van der Waals surface area contributed by atoms with Gasteiger partial charge in [-0.2, -0.15) is 0 Å². The number of benzene rings is 2. The zero-order valence-corrected chi connectivity index (χ0v) is 16.2. The fourth-order valence-electron chi connectivity index (χ4n) is 3.13. The van der Waals surface area contributed by atoms with E-state index in [9.17, 15) is 9.59 Å². The molecule has 4 heteroatoms. The van der Waals surface area contributed by atoms with Crippen molar-refractivity contribution in [2.24, 2.45) is 0 Å². The largest absolute Gasteiger partial charge is 0.352 e. The molecule has 2 amide bonds. The van der Waals surface area contributed by atoms with Gasteiger partial charge in [-0.25, -0.2) is 0 Å². The minimum Gasteiger partial charge on any atom is -0.352 e. The lowest BCUT2D eigenvalue weighted by molar-refractivity contribution is -0.132. The molecule has 0 heterocycles. The highest BCUT2D eigenvalue weighted by Gasteiger charge is 2.32. The first-order valence-corrected chi connectivity index (χ1v) is 9.76. The van der Waals surface area contributed by atoms with Gasteiger partial charge in [0.15, 0.2) is 0 Å². The van der Waals surface area contributed by atoms with Crippen molar-refractivity contribution in [1.29, 1.82) is 0 Å². The Hall–Kier alpha value is -2.62. The average Bonchev–Trinajstić information content (AvgIpc) is 3.52. The molecule has 0 spiro atoms. The predicted octanol–water partition coefficient (Wildman–Crippen LogP) is 4.12. The zero-order chi connectivity index (χ0) is 19.2. The van der Waals surface area contributed by atoms with E-state index in [1.54, 1.807) is 12.1 Å². The first kappa shape index (κ1) is 19.2. The molecule has 1 fully saturated rings. The highest BCUT2D eigenvalue weighted by Crippen LogP contribution is 2.29. The molecule has 1 aliphatic carbocycles. The molecule has 1 N–H and O–H groups in total.